The summed E-state index contributed by atoms with van der Waals surface area (Å²) < 4.78 is 1.90. The standard InChI is InChI=1S/C15H24N4O.ClH/c1-13-4-2-10-18(12-13)14(20)15(5-8-16-9-6-15)19-11-3-7-17-19;/h3,7,11,13,16H,2,4-6,8-10,12H2,1H3;1H. The maximum atomic E-state index is 13.2. The van der Waals surface area contributed by atoms with Crippen LogP contribution in [0.2, 0.25) is 0 Å². The van der Waals surface area contributed by atoms with Crippen LogP contribution in [0.4, 0.5) is 0 Å². The van der Waals surface area contributed by atoms with Gasteiger partial charge in [-0.3, -0.25) is 9.48 Å². The molecule has 0 saturated carbocycles. The zero-order valence-electron chi connectivity index (χ0n) is 12.6. The van der Waals surface area contributed by atoms with Gasteiger partial charge in [0, 0.05) is 25.5 Å². The third-order valence-corrected chi connectivity index (χ3v) is 4.72. The molecule has 3 heterocycles. The Balaban J connectivity index is 0.00000161. The van der Waals surface area contributed by atoms with Crippen molar-refractivity contribution in [2.24, 2.45) is 5.92 Å². The summed E-state index contributed by atoms with van der Waals surface area (Å²) in [6.45, 7) is 5.81. The number of nitrogens with one attached hydrogen (secondary N) is 1. The molecule has 21 heavy (non-hydrogen) atoms. The molecule has 1 amide bonds. The molecule has 5 nitrogen and oxygen atoms in total. The Morgan fingerprint density at radius 2 is 2.14 bits per heavy atom. The molecule has 2 saturated heterocycles. The SMILES string of the molecule is CC1CCCN(C(=O)C2(n3cccn3)CCNCC2)C1.Cl. The molecular weight excluding hydrogens is 288 g/mol. The van der Waals surface area contributed by atoms with E-state index in [1.165, 1.54) is 6.42 Å². The Kier molecular flexibility index (Phi) is 5.27. The summed E-state index contributed by atoms with van der Waals surface area (Å²) in [4.78, 5) is 15.2. The Hall–Kier alpha value is -1.07. The Labute approximate surface area is 132 Å². The van der Waals surface area contributed by atoms with Crippen molar-refractivity contribution < 1.29 is 4.79 Å². The van der Waals surface area contributed by atoms with Gasteiger partial charge >= 0.3 is 0 Å². The van der Waals surface area contributed by atoms with Crippen LogP contribution in [0, 0.1) is 5.92 Å². The number of piperidine rings is 2. The average molecular weight is 313 g/mol. The van der Waals surface area contributed by atoms with Gasteiger partial charge < -0.3 is 10.2 Å². The monoisotopic (exact) mass is 312 g/mol. The number of hydrogen-bond acceptors (Lipinski definition) is 3. The molecule has 2 aliphatic heterocycles. The molecule has 0 bridgehead atoms. The van der Waals surface area contributed by atoms with E-state index < -0.39 is 5.54 Å². The van der Waals surface area contributed by atoms with E-state index in [0.717, 1.165) is 45.4 Å². The molecule has 1 unspecified atom stereocenters. The maximum Gasteiger partial charge on any atom is 0.250 e. The van der Waals surface area contributed by atoms with Crippen LogP contribution >= 0.6 is 12.4 Å². The lowest BCUT2D eigenvalue weighted by atomic mass is 9.85. The summed E-state index contributed by atoms with van der Waals surface area (Å²) in [5, 5.41) is 7.74. The fourth-order valence-corrected chi connectivity index (χ4v) is 3.57. The lowest BCUT2D eigenvalue weighted by molar-refractivity contribution is -0.145. The lowest BCUT2D eigenvalue weighted by Gasteiger charge is -2.42. The van der Waals surface area contributed by atoms with Gasteiger partial charge in [0.05, 0.1) is 0 Å². The number of likely N-dealkylation sites (tertiary alicyclic amines) is 1. The molecule has 2 aliphatic rings. The zero-order chi connectivity index (χ0) is 14.0. The molecule has 1 atom stereocenters. The van der Waals surface area contributed by atoms with Crippen molar-refractivity contribution in [1.29, 1.82) is 0 Å². The highest BCUT2D eigenvalue weighted by molar-refractivity contribution is 5.85. The second-order valence-corrected chi connectivity index (χ2v) is 6.23. The number of amides is 1. The van der Waals surface area contributed by atoms with Crippen LogP contribution in [0.3, 0.4) is 0 Å². The number of rotatable bonds is 2. The fourth-order valence-electron chi connectivity index (χ4n) is 3.57. The van der Waals surface area contributed by atoms with Crippen molar-refractivity contribution in [3.05, 3.63) is 18.5 Å². The van der Waals surface area contributed by atoms with Crippen molar-refractivity contribution in [1.82, 2.24) is 20.0 Å². The van der Waals surface area contributed by atoms with Crippen LogP contribution < -0.4 is 5.32 Å². The van der Waals surface area contributed by atoms with Crippen LogP contribution in [0.1, 0.15) is 32.6 Å². The van der Waals surface area contributed by atoms with Crippen molar-refractivity contribution >= 4 is 18.3 Å². The largest absolute Gasteiger partial charge is 0.340 e. The first kappa shape index (κ1) is 16.3. The minimum absolute atomic E-state index is 0. The maximum absolute atomic E-state index is 13.2. The van der Waals surface area contributed by atoms with E-state index in [1.807, 2.05) is 16.9 Å². The summed E-state index contributed by atoms with van der Waals surface area (Å²) >= 11 is 0. The summed E-state index contributed by atoms with van der Waals surface area (Å²) in [6.07, 6.45) is 7.74. The smallest absolute Gasteiger partial charge is 0.250 e. The van der Waals surface area contributed by atoms with Crippen molar-refractivity contribution in [2.45, 2.75) is 38.1 Å². The first-order valence-corrected chi connectivity index (χ1v) is 7.72. The number of carbonyl (C=O) groups excluding carboxylic acids is 1. The molecule has 0 radical (unpaired) electrons. The highest BCUT2D eigenvalue weighted by atomic mass is 35.5. The highest BCUT2D eigenvalue weighted by Crippen LogP contribution is 2.31. The van der Waals surface area contributed by atoms with Crippen LogP contribution in [-0.2, 0) is 10.3 Å². The van der Waals surface area contributed by atoms with Crippen molar-refractivity contribution in [3.63, 3.8) is 0 Å². The highest BCUT2D eigenvalue weighted by Gasteiger charge is 2.44. The first-order chi connectivity index (χ1) is 9.72. The lowest BCUT2D eigenvalue weighted by Crippen LogP contribution is -2.57. The van der Waals surface area contributed by atoms with Crippen LogP contribution in [0.15, 0.2) is 18.5 Å². The molecule has 0 aliphatic carbocycles. The predicted molar refractivity (Wildman–Crippen MR) is 84.5 cm³/mol. The molecule has 3 rings (SSSR count). The van der Waals surface area contributed by atoms with Gasteiger partial charge in [0.15, 0.2) is 0 Å². The van der Waals surface area contributed by atoms with E-state index in [4.69, 9.17) is 0 Å². The molecule has 1 N–H and O–H groups in total. The quantitative estimate of drug-likeness (QED) is 0.903. The minimum atomic E-state index is -0.466. The van der Waals surface area contributed by atoms with Crippen molar-refractivity contribution in [2.75, 3.05) is 26.2 Å². The van der Waals surface area contributed by atoms with Gasteiger partial charge in [-0.05, 0) is 50.8 Å². The number of aromatic nitrogens is 2. The summed E-state index contributed by atoms with van der Waals surface area (Å²) in [5.74, 6) is 0.887. The fraction of sp³-hybridized carbons (Fsp3) is 0.733. The summed E-state index contributed by atoms with van der Waals surface area (Å²) in [6, 6.07) is 1.91. The summed E-state index contributed by atoms with van der Waals surface area (Å²) in [5.41, 5.74) is -0.466. The van der Waals surface area contributed by atoms with E-state index in [0.29, 0.717) is 5.92 Å². The van der Waals surface area contributed by atoms with E-state index >= 15 is 0 Å². The van der Waals surface area contributed by atoms with E-state index in [-0.39, 0.29) is 18.3 Å². The topological polar surface area (TPSA) is 50.2 Å². The number of hydrogen-bond donors (Lipinski definition) is 1. The van der Waals surface area contributed by atoms with Gasteiger partial charge in [0.25, 0.3) is 5.91 Å². The van der Waals surface area contributed by atoms with Gasteiger partial charge in [-0.1, -0.05) is 6.92 Å². The summed E-state index contributed by atoms with van der Waals surface area (Å²) in [7, 11) is 0. The van der Waals surface area contributed by atoms with Gasteiger partial charge in [0.1, 0.15) is 5.54 Å². The zero-order valence-corrected chi connectivity index (χ0v) is 13.4. The Morgan fingerprint density at radius 1 is 1.38 bits per heavy atom. The number of nitrogens with zero attached hydrogens (tertiary/aromatic N) is 3. The van der Waals surface area contributed by atoms with Gasteiger partial charge in [-0.25, -0.2) is 0 Å². The minimum Gasteiger partial charge on any atom is -0.340 e. The van der Waals surface area contributed by atoms with E-state index in [1.54, 1.807) is 6.20 Å². The molecule has 0 spiro atoms. The second kappa shape index (κ2) is 6.79. The molecule has 2 fully saturated rings. The Bertz CT molecular complexity index is 456. The molecule has 1 aromatic rings. The van der Waals surface area contributed by atoms with E-state index in [9.17, 15) is 4.79 Å². The van der Waals surface area contributed by atoms with Gasteiger partial charge in [-0.2, -0.15) is 5.10 Å². The number of carbonyl (C=O) groups is 1. The Morgan fingerprint density at radius 3 is 2.76 bits per heavy atom. The molecule has 6 heteroatoms. The van der Waals surface area contributed by atoms with Crippen molar-refractivity contribution in [3.8, 4) is 0 Å². The molecular formula is C15H25ClN4O. The molecule has 0 aromatic carbocycles. The second-order valence-electron chi connectivity index (χ2n) is 6.23. The third kappa shape index (κ3) is 3.09. The third-order valence-electron chi connectivity index (χ3n) is 4.72. The number of halogens is 1. The van der Waals surface area contributed by atoms with E-state index in [2.05, 4.69) is 22.2 Å². The van der Waals surface area contributed by atoms with Gasteiger partial charge in [0.2, 0.25) is 0 Å². The predicted octanol–water partition coefficient (Wildman–Crippen LogP) is 1.64. The van der Waals surface area contributed by atoms with Crippen LogP contribution in [0.25, 0.3) is 0 Å². The van der Waals surface area contributed by atoms with Crippen LogP contribution in [0.5, 0.6) is 0 Å². The molecule has 118 valence electrons. The first-order valence-electron chi connectivity index (χ1n) is 7.72. The average Bonchev–Trinajstić information content (AvgIpc) is 3.02. The normalized spacial score (nSPS) is 25.2. The van der Waals surface area contributed by atoms with Gasteiger partial charge in [-0.15, -0.1) is 12.4 Å². The molecule has 1 aromatic heterocycles. The van der Waals surface area contributed by atoms with Crippen LogP contribution in [-0.4, -0.2) is 46.8 Å².